The maximum absolute atomic E-state index is 12.3. The number of pyridine rings is 1. The lowest BCUT2D eigenvalue weighted by molar-refractivity contribution is 0.102. The van der Waals surface area contributed by atoms with E-state index in [1.54, 1.807) is 13.3 Å². The number of rotatable bonds is 4. The van der Waals surface area contributed by atoms with Gasteiger partial charge in [-0.15, -0.1) is 0 Å². The number of benzene rings is 2. The number of hydrogen-bond donors (Lipinski definition) is 1. The van der Waals surface area contributed by atoms with Gasteiger partial charge in [0.2, 0.25) is 0 Å². The molecule has 4 heteroatoms. The molecule has 1 amide bonds. The number of amides is 1. The fourth-order valence-corrected chi connectivity index (χ4v) is 2.39. The minimum absolute atomic E-state index is 0.137. The topological polar surface area (TPSA) is 51.2 Å². The second kappa shape index (κ2) is 6.48. The van der Waals surface area contributed by atoms with Crippen LogP contribution in [0.2, 0.25) is 0 Å². The minimum atomic E-state index is -0.137. The molecule has 0 fully saturated rings. The van der Waals surface area contributed by atoms with E-state index in [0.29, 0.717) is 11.3 Å². The van der Waals surface area contributed by atoms with Crippen LogP contribution >= 0.6 is 0 Å². The summed E-state index contributed by atoms with van der Waals surface area (Å²) in [6, 6.07) is 15.2. The molecule has 1 aromatic heterocycles. The summed E-state index contributed by atoms with van der Waals surface area (Å²) in [7, 11) is 1.62. The Morgan fingerprint density at radius 3 is 2.61 bits per heavy atom. The van der Waals surface area contributed by atoms with E-state index >= 15 is 0 Å². The molecule has 0 bridgehead atoms. The Kier molecular flexibility index (Phi) is 4.24. The molecule has 2 aromatic carbocycles. The van der Waals surface area contributed by atoms with E-state index in [9.17, 15) is 4.79 Å². The molecule has 0 aliphatic carbocycles. The molecule has 0 spiro atoms. The largest absolute Gasteiger partial charge is 0.497 e. The second-order valence-electron chi connectivity index (χ2n) is 5.29. The first-order valence-electron chi connectivity index (χ1n) is 7.53. The summed E-state index contributed by atoms with van der Waals surface area (Å²) < 4.78 is 5.18. The van der Waals surface area contributed by atoms with E-state index in [2.05, 4.69) is 17.2 Å². The molecule has 1 heterocycles. The summed E-state index contributed by atoms with van der Waals surface area (Å²) in [6.45, 7) is 2.09. The number of nitrogens with zero attached hydrogens (tertiary/aromatic N) is 1. The monoisotopic (exact) mass is 306 g/mol. The molecule has 0 saturated carbocycles. The van der Waals surface area contributed by atoms with Gasteiger partial charge in [-0.2, -0.15) is 0 Å². The van der Waals surface area contributed by atoms with Crippen LogP contribution in [0, 0.1) is 0 Å². The van der Waals surface area contributed by atoms with Crippen molar-refractivity contribution >= 4 is 22.5 Å². The van der Waals surface area contributed by atoms with Crippen molar-refractivity contribution in [1.29, 1.82) is 0 Å². The maximum Gasteiger partial charge on any atom is 0.255 e. The zero-order valence-corrected chi connectivity index (χ0v) is 13.2. The molecule has 0 aliphatic heterocycles. The number of aromatic nitrogens is 1. The smallest absolute Gasteiger partial charge is 0.255 e. The van der Waals surface area contributed by atoms with Gasteiger partial charge in [-0.25, -0.2) is 0 Å². The number of methoxy groups -OCH3 is 1. The number of hydrogen-bond acceptors (Lipinski definition) is 3. The molecule has 1 N–H and O–H groups in total. The summed E-state index contributed by atoms with van der Waals surface area (Å²) in [5.74, 6) is 0.625. The Hall–Kier alpha value is -2.88. The molecule has 0 atom stereocenters. The third-order valence-electron chi connectivity index (χ3n) is 3.77. The predicted molar refractivity (Wildman–Crippen MR) is 92.1 cm³/mol. The molecular formula is C19H18N2O2. The zero-order chi connectivity index (χ0) is 16.2. The summed E-state index contributed by atoms with van der Waals surface area (Å²) in [6.07, 6.45) is 2.61. The highest BCUT2D eigenvalue weighted by Crippen LogP contribution is 2.22. The van der Waals surface area contributed by atoms with Gasteiger partial charge in [0.15, 0.2) is 0 Å². The Balaban J connectivity index is 1.81. The Labute approximate surface area is 135 Å². The van der Waals surface area contributed by atoms with Gasteiger partial charge in [0.1, 0.15) is 5.75 Å². The van der Waals surface area contributed by atoms with Crippen molar-refractivity contribution in [2.75, 3.05) is 12.4 Å². The van der Waals surface area contributed by atoms with Gasteiger partial charge in [0.05, 0.1) is 24.5 Å². The average Bonchev–Trinajstić information content (AvgIpc) is 2.61. The van der Waals surface area contributed by atoms with Gasteiger partial charge in [0, 0.05) is 17.0 Å². The summed E-state index contributed by atoms with van der Waals surface area (Å²) in [5, 5.41) is 3.83. The maximum atomic E-state index is 12.3. The minimum Gasteiger partial charge on any atom is -0.497 e. The van der Waals surface area contributed by atoms with Crippen LogP contribution in [-0.2, 0) is 6.42 Å². The van der Waals surface area contributed by atoms with E-state index in [1.165, 1.54) is 5.56 Å². The first-order chi connectivity index (χ1) is 11.2. The molecule has 3 aromatic rings. The predicted octanol–water partition coefficient (Wildman–Crippen LogP) is 4.06. The second-order valence-corrected chi connectivity index (χ2v) is 5.29. The molecule has 3 rings (SSSR count). The number of carbonyl (C=O) groups excluding carboxylic acids is 1. The van der Waals surface area contributed by atoms with Crippen LogP contribution in [0.15, 0.2) is 54.7 Å². The van der Waals surface area contributed by atoms with Crippen molar-refractivity contribution in [2.24, 2.45) is 0 Å². The number of nitrogens with one attached hydrogen (secondary N) is 1. The van der Waals surface area contributed by atoms with Gasteiger partial charge in [-0.05, 0) is 42.3 Å². The highest BCUT2D eigenvalue weighted by Gasteiger charge is 2.07. The summed E-state index contributed by atoms with van der Waals surface area (Å²) >= 11 is 0. The number of fused-ring (bicyclic) bond motifs is 1. The van der Waals surface area contributed by atoms with Crippen molar-refractivity contribution in [3.8, 4) is 5.75 Å². The zero-order valence-electron chi connectivity index (χ0n) is 13.2. The third kappa shape index (κ3) is 3.31. The molecule has 0 saturated heterocycles. The van der Waals surface area contributed by atoms with Crippen LogP contribution in [-0.4, -0.2) is 18.0 Å². The molecule has 4 nitrogen and oxygen atoms in total. The van der Waals surface area contributed by atoms with E-state index in [0.717, 1.165) is 23.1 Å². The van der Waals surface area contributed by atoms with Gasteiger partial charge >= 0.3 is 0 Å². The lowest BCUT2D eigenvalue weighted by Crippen LogP contribution is -2.12. The van der Waals surface area contributed by atoms with E-state index in [4.69, 9.17) is 4.74 Å². The fourth-order valence-electron chi connectivity index (χ4n) is 2.39. The van der Waals surface area contributed by atoms with Gasteiger partial charge < -0.3 is 10.1 Å². The molecule has 23 heavy (non-hydrogen) atoms. The normalized spacial score (nSPS) is 10.5. The van der Waals surface area contributed by atoms with Crippen LogP contribution in [0.25, 0.3) is 10.9 Å². The lowest BCUT2D eigenvalue weighted by atomic mass is 10.1. The lowest BCUT2D eigenvalue weighted by Gasteiger charge is -2.07. The van der Waals surface area contributed by atoms with Crippen molar-refractivity contribution in [3.63, 3.8) is 0 Å². The van der Waals surface area contributed by atoms with Crippen LogP contribution in [0.5, 0.6) is 5.75 Å². The molecular weight excluding hydrogens is 288 g/mol. The van der Waals surface area contributed by atoms with E-state index in [1.807, 2.05) is 48.5 Å². The van der Waals surface area contributed by atoms with Gasteiger partial charge in [0.25, 0.3) is 5.91 Å². The van der Waals surface area contributed by atoms with Crippen molar-refractivity contribution in [2.45, 2.75) is 13.3 Å². The third-order valence-corrected chi connectivity index (χ3v) is 3.77. The highest BCUT2D eigenvalue weighted by atomic mass is 16.5. The number of aryl methyl sites for hydroxylation is 1. The SMILES string of the molecule is CCc1ccc(C(=O)Nc2cnc3cc(OC)ccc3c2)cc1. The summed E-state index contributed by atoms with van der Waals surface area (Å²) in [5.41, 5.74) is 3.35. The Bertz CT molecular complexity index is 842. The quantitative estimate of drug-likeness (QED) is 0.791. The Morgan fingerprint density at radius 1 is 1.13 bits per heavy atom. The fraction of sp³-hybridized carbons (Fsp3) is 0.158. The number of carbonyl (C=O) groups is 1. The van der Waals surface area contributed by atoms with Crippen LogP contribution in [0.4, 0.5) is 5.69 Å². The average molecular weight is 306 g/mol. The van der Waals surface area contributed by atoms with Crippen molar-refractivity contribution < 1.29 is 9.53 Å². The molecule has 0 unspecified atom stereocenters. The van der Waals surface area contributed by atoms with Crippen LogP contribution in [0.1, 0.15) is 22.8 Å². The van der Waals surface area contributed by atoms with E-state index < -0.39 is 0 Å². The van der Waals surface area contributed by atoms with Gasteiger partial charge in [-0.1, -0.05) is 19.1 Å². The van der Waals surface area contributed by atoms with Crippen molar-refractivity contribution in [1.82, 2.24) is 4.98 Å². The summed E-state index contributed by atoms with van der Waals surface area (Å²) in [4.78, 5) is 16.7. The standard InChI is InChI=1S/C19H18N2O2/c1-3-13-4-6-14(7-5-13)19(22)21-16-10-15-8-9-17(23-2)11-18(15)20-12-16/h4-12H,3H2,1-2H3,(H,21,22). The number of anilines is 1. The first kappa shape index (κ1) is 15.0. The number of ether oxygens (including phenoxy) is 1. The molecule has 0 aliphatic rings. The molecule has 0 radical (unpaired) electrons. The van der Waals surface area contributed by atoms with Crippen molar-refractivity contribution in [3.05, 3.63) is 65.9 Å². The molecule has 116 valence electrons. The Morgan fingerprint density at radius 2 is 1.91 bits per heavy atom. The van der Waals surface area contributed by atoms with E-state index in [-0.39, 0.29) is 5.91 Å². The van der Waals surface area contributed by atoms with Crippen LogP contribution in [0.3, 0.4) is 0 Å². The van der Waals surface area contributed by atoms with Gasteiger partial charge in [-0.3, -0.25) is 9.78 Å². The highest BCUT2D eigenvalue weighted by molar-refractivity contribution is 6.04. The first-order valence-corrected chi connectivity index (χ1v) is 7.53. The van der Waals surface area contributed by atoms with Crippen LogP contribution < -0.4 is 10.1 Å².